The van der Waals surface area contributed by atoms with E-state index in [4.69, 9.17) is 39.9 Å². The number of piperazine rings is 1. The summed E-state index contributed by atoms with van der Waals surface area (Å²) >= 11 is 18.6. The van der Waals surface area contributed by atoms with Crippen molar-refractivity contribution in [2.45, 2.75) is 6.04 Å². The smallest absolute Gasteiger partial charge is 0.0794 e. The average Bonchev–Trinajstić information content (AvgIpc) is 2.63. The van der Waals surface area contributed by atoms with Gasteiger partial charge in [0.05, 0.1) is 23.0 Å². The van der Waals surface area contributed by atoms with Crippen molar-refractivity contribution in [2.75, 3.05) is 31.1 Å². The maximum atomic E-state index is 8.96. The minimum Gasteiger partial charge on any atom is -0.516 e. The SMILES string of the molecule is C=C(/C=C\O)CN1CCN(c2ccc(Cl)cc2Cl)C(c2ccc(Cl)cc2)C1. The highest BCUT2D eigenvalue weighted by Crippen LogP contribution is 2.36. The van der Waals surface area contributed by atoms with Crippen molar-refractivity contribution in [2.24, 2.45) is 0 Å². The second-order valence-electron chi connectivity index (χ2n) is 6.57. The number of halogens is 3. The Hall–Kier alpha value is -1.65. The van der Waals surface area contributed by atoms with E-state index in [1.165, 1.54) is 5.56 Å². The standard InChI is InChI=1S/C21H21Cl3N2O/c1-15(8-11-27)13-25-9-10-26(20-7-6-18(23)12-19(20)24)21(14-25)16-2-4-17(22)5-3-16/h2-8,11-12,21,27H,1,9-10,13-14H2/b11-8-. The molecule has 3 nitrogen and oxygen atoms in total. The van der Waals surface area contributed by atoms with E-state index in [9.17, 15) is 0 Å². The van der Waals surface area contributed by atoms with Gasteiger partial charge in [-0.15, -0.1) is 0 Å². The zero-order valence-corrected chi connectivity index (χ0v) is 17.1. The van der Waals surface area contributed by atoms with Gasteiger partial charge in [0.25, 0.3) is 0 Å². The lowest BCUT2D eigenvalue weighted by Crippen LogP contribution is -2.49. The molecule has 1 N–H and O–H groups in total. The van der Waals surface area contributed by atoms with E-state index in [2.05, 4.69) is 28.5 Å². The number of nitrogens with zero attached hydrogens (tertiary/aromatic N) is 2. The predicted octanol–water partition coefficient (Wildman–Crippen LogP) is 6.14. The van der Waals surface area contributed by atoms with Crippen LogP contribution < -0.4 is 4.90 Å². The summed E-state index contributed by atoms with van der Waals surface area (Å²) in [5, 5.41) is 10.9. The third-order valence-electron chi connectivity index (χ3n) is 4.68. The van der Waals surface area contributed by atoms with E-state index in [1.807, 2.05) is 24.3 Å². The van der Waals surface area contributed by atoms with Gasteiger partial charge in [-0.25, -0.2) is 0 Å². The number of hydrogen-bond acceptors (Lipinski definition) is 3. The Kier molecular flexibility index (Phi) is 6.72. The summed E-state index contributed by atoms with van der Waals surface area (Å²) in [5.41, 5.74) is 3.00. The lowest BCUT2D eigenvalue weighted by molar-refractivity contribution is 0.241. The fourth-order valence-electron chi connectivity index (χ4n) is 3.40. The third kappa shape index (κ3) is 4.99. The number of benzene rings is 2. The van der Waals surface area contributed by atoms with Crippen LogP contribution in [-0.2, 0) is 0 Å². The topological polar surface area (TPSA) is 26.7 Å². The van der Waals surface area contributed by atoms with Gasteiger partial charge in [-0.1, -0.05) is 53.5 Å². The minimum atomic E-state index is 0.112. The normalized spacial score (nSPS) is 18.2. The first kappa shape index (κ1) is 20.1. The summed E-state index contributed by atoms with van der Waals surface area (Å²) in [4.78, 5) is 4.63. The molecule has 3 rings (SSSR count). The van der Waals surface area contributed by atoms with Gasteiger partial charge in [0.1, 0.15) is 0 Å². The molecule has 1 fully saturated rings. The largest absolute Gasteiger partial charge is 0.516 e. The van der Waals surface area contributed by atoms with Gasteiger partial charge in [-0.3, -0.25) is 4.90 Å². The van der Waals surface area contributed by atoms with Gasteiger partial charge >= 0.3 is 0 Å². The molecule has 1 heterocycles. The van der Waals surface area contributed by atoms with Crippen molar-refractivity contribution < 1.29 is 5.11 Å². The molecule has 2 aromatic carbocycles. The molecule has 6 heteroatoms. The average molecular weight is 424 g/mol. The molecule has 0 spiro atoms. The van der Waals surface area contributed by atoms with E-state index in [0.717, 1.165) is 37.2 Å². The van der Waals surface area contributed by atoms with E-state index in [0.29, 0.717) is 21.6 Å². The highest BCUT2D eigenvalue weighted by atomic mass is 35.5. The Morgan fingerprint density at radius 1 is 1.07 bits per heavy atom. The Morgan fingerprint density at radius 2 is 1.78 bits per heavy atom. The quantitative estimate of drug-likeness (QED) is 0.462. The molecule has 2 aromatic rings. The van der Waals surface area contributed by atoms with Crippen molar-refractivity contribution in [1.82, 2.24) is 4.90 Å². The highest BCUT2D eigenvalue weighted by molar-refractivity contribution is 6.36. The summed E-state index contributed by atoms with van der Waals surface area (Å²) in [6, 6.07) is 13.6. The Labute approximate surface area is 175 Å². The number of rotatable bonds is 5. The second kappa shape index (κ2) is 9.03. The number of hydrogen-bond donors (Lipinski definition) is 1. The van der Waals surface area contributed by atoms with Crippen molar-refractivity contribution >= 4 is 40.5 Å². The Bertz CT molecular complexity index is 836. The maximum absolute atomic E-state index is 8.96. The highest BCUT2D eigenvalue weighted by Gasteiger charge is 2.29. The summed E-state index contributed by atoms with van der Waals surface area (Å²) < 4.78 is 0. The Morgan fingerprint density at radius 3 is 2.44 bits per heavy atom. The molecule has 0 saturated carbocycles. The van der Waals surface area contributed by atoms with Crippen LogP contribution in [0, 0.1) is 0 Å². The van der Waals surface area contributed by atoms with Gasteiger partial charge in [0, 0.05) is 36.2 Å². The van der Waals surface area contributed by atoms with Gasteiger partial charge < -0.3 is 10.0 Å². The lowest BCUT2D eigenvalue weighted by Gasteiger charge is -2.43. The number of anilines is 1. The molecule has 0 aromatic heterocycles. The van der Waals surface area contributed by atoms with Crippen molar-refractivity contribution in [1.29, 1.82) is 0 Å². The van der Waals surface area contributed by atoms with Crippen LogP contribution in [0.5, 0.6) is 0 Å². The molecule has 1 aliphatic rings. The Balaban J connectivity index is 1.90. The molecule has 1 saturated heterocycles. The first-order valence-electron chi connectivity index (χ1n) is 8.66. The van der Waals surface area contributed by atoms with Crippen LogP contribution in [0.25, 0.3) is 0 Å². The minimum absolute atomic E-state index is 0.112. The molecule has 0 radical (unpaired) electrons. The van der Waals surface area contributed by atoms with Gasteiger partial charge in [-0.2, -0.15) is 0 Å². The maximum Gasteiger partial charge on any atom is 0.0794 e. The fourth-order valence-corrected chi connectivity index (χ4v) is 4.04. The molecule has 27 heavy (non-hydrogen) atoms. The van der Waals surface area contributed by atoms with Crippen molar-refractivity contribution in [3.8, 4) is 0 Å². The molecular weight excluding hydrogens is 403 g/mol. The molecule has 1 aliphatic heterocycles. The molecule has 0 amide bonds. The first-order valence-corrected chi connectivity index (χ1v) is 9.79. The fraction of sp³-hybridized carbons (Fsp3) is 0.238. The summed E-state index contributed by atoms with van der Waals surface area (Å²) in [7, 11) is 0. The van der Waals surface area contributed by atoms with Gasteiger partial charge in [0.15, 0.2) is 0 Å². The molecule has 1 unspecified atom stereocenters. The predicted molar refractivity (Wildman–Crippen MR) is 115 cm³/mol. The van der Waals surface area contributed by atoms with E-state index in [-0.39, 0.29) is 6.04 Å². The van der Waals surface area contributed by atoms with Crippen LogP contribution >= 0.6 is 34.8 Å². The monoisotopic (exact) mass is 422 g/mol. The zero-order chi connectivity index (χ0) is 19.4. The van der Waals surface area contributed by atoms with Gasteiger partial charge in [-0.05, 0) is 47.5 Å². The van der Waals surface area contributed by atoms with Crippen LogP contribution in [0.4, 0.5) is 5.69 Å². The van der Waals surface area contributed by atoms with E-state index in [1.54, 1.807) is 12.1 Å². The van der Waals surface area contributed by atoms with Crippen LogP contribution in [-0.4, -0.2) is 36.2 Å². The molecule has 0 bridgehead atoms. The second-order valence-corrected chi connectivity index (χ2v) is 7.85. The summed E-state index contributed by atoms with van der Waals surface area (Å²) in [6.45, 7) is 7.17. The lowest BCUT2D eigenvalue weighted by atomic mass is 10.0. The molecular formula is C21H21Cl3N2O. The molecule has 142 valence electrons. The van der Waals surface area contributed by atoms with Crippen molar-refractivity contribution in [3.05, 3.63) is 87.6 Å². The van der Waals surface area contributed by atoms with Crippen molar-refractivity contribution in [3.63, 3.8) is 0 Å². The van der Waals surface area contributed by atoms with Crippen LogP contribution in [0.2, 0.25) is 15.1 Å². The zero-order valence-electron chi connectivity index (χ0n) is 14.8. The third-order valence-corrected chi connectivity index (χ3v) is 5.47. The van der Waals surface area contributed by atoms with E-state index < -0.39 is 0 Å². The first-order chi connectivity index (χ1) is 13.0. The summed E-state index contributed by atoms with van der Waals surface area (Å²) in [5.74, 6) is 0. The van der Waals surface area contributed by atoms with Crippen LogP contribution in [0.15, 0.2) is 67.0 Å². The van der Waals surface area contributed by atoms with Crippen LogP contribution in [0.1, 0.15) is 11.6 Å². The molecule has 1 atom stereocenters. The molecule has 0 aliphatic carbocycles. The number of aliphatic hydroxyl groups is 1. The van der Waals surface area contributed by atoms with E-state index >= 15 is 0 Å². The summed E-state index contributed by atoms with van der Waals surface area (Å²) in [6.07, 6.45) is 2.66. The number of aliphatic hydroxyl groups excluding tert-OH is 1. The van der Waals surface area contributed by atoms with Crippen LogP contribution in [0.3, 0.4) is 0 Å². The van der Waals surface area contributed by atoms with Gasteiger partial charge in [0.2, 0.25) is 0 Å².